The Morgan fingerprint density at radius 2 is 1.67 bits per heavy atom. The summed E-state index contributed by atoms with van der Waals surface area (Å²) in [5, 5.41) is 5.67. The van der Waals surface area contributed by atoms with Crippen molar-refractivity contribution >= 4 is 23.2 Å². The van der Waals surface area contributed by atoms with Gasteiger partial charge in [0, 0.05) is 62.3 Å². The van der Waals surface area contributed by atoms with E-state index in [0.717, 1.165) is 18.2 Å². The van der Waals surface area contributed by atoms with Gasteiger partial charge >= 0.3 is 6.18 Å². The Hall–Kier alpha value is -3.84. The van der Waals surface area contributed by atoms with Crippen LogP contribution in [0.1, 0.15) is 35.3 Å². The van der Waals surface area contributed by atoms with Crippen LogP contribution in [0.15, 0.2) is 36.7 Å². The van der Waals surface area contributed by atoms with Crippen molar-refractivity contribution in [1.82, 2.24) is 15.3 Å². The maximum Gasteiger partial charge on any atom is 0.417 e. The van der Waals surface area contributed by atoms with Crippen molar-refractivity contribution < 1.29 is 31.5 Å². The van der Waals surface area contributed by atoms with Crippen LogP contribution in [-0.4, -0.2) is 67.4 Å². The van der Waals surface area contributed by atoms with Crippen LogP contribution in [0.2, 0.25) is 0 Å². The molecule has 2 aliphatic heterocycles. The number of aromatic nitrogens is 2. The molecule has 3 heterocycles. The van der Waals surface area contributed by atoms with Crippen LogP contribution in [0.5, 0.6) is 0 Å². The van der Waals surface area contributed by atoms with Crippen LogP contribution in [0.4, 0.5) is 39.3 Å². The second-order valence-electron chi connectivity index (χ2n) is 10.7. The Kier molecular flexibility index (Phi) is 8.33. The smallest absolute Gasteiger partial charge is 0.378 e. The van der Waals surface area contributed by atoms with Gasteiger partial charge in [-0.15, -0.1) is 0 Å². The Morgan fingerprint density at radius 3 is 2.29 bits per heavy atom. The minimum atomic E-state index is -4.82. The first-order valence-electron chi connectivity index (χ1n) is 13.6. The van der Waals surface area contributed by atoms with E-state index in [1.165, 1.54) is 25.4 Å². The first kappa shape index (κ1) is 29.6. The van der Waals surface area contributed by atoms with Gasteiger partial charge in [-0.1, -0.05) is 11.6 Å². The summed E-state index contributed by atoms with van der Waals surface area (Å²) in [4.78, 5) is 25.4. The van der Waals surface area contributed by atoms with E-state index in [9.17, 15) is 18.0 Å². The molecule has 1 aromatic heterocycles. The molecule has 1 amide bonds. The standard InChI is InChI=1S/C29H31F5N6O2/c1-16-4-5-20(21(10-16)29(32,33)34)27(41)38-26-23(40-14-17(2)37-18(3)15-40)11-22(30)24(25(26)31)19-12-35-28(36-13-19)39-6-8-42-9-7-39/h4-5,10-13,17-18,37H,6-9,14-15H2,1-3H3,(H,38,41)/t17-,18+. The lowest BCUT2D eigenvalue weighted by Gasteiger charge is -2.38. The summed E-state index contributed by atoms with van der Waals surface area (Å²) in [6, 6.07) is 4.24. The normalized spacial score (nSPS) is 19.6. The van der Waals surface area contributed by atoms with Gasteiger partial charge in [0.1, 0.15) is 11.5 Å². The zero-order valence-electron chi connectivity index (χ0n) is 23.4. The molecule has 42 heavy (non-hydrogen) atoms. The molecule has 0 unspecified atom stereocenters. The lowest BCUT2D eigenvalue weighted by atomic mass is 10.0. The molecule has 224 valence electrons. The fourth-order valence-electron chi connectivity index (χ4n) is 5.41. The van der Waals surface area contributed by atoms with Crippen molar-refractivity contribution in [2.45, 2.75) is 39.0 Å². The molecule has 0 bridgehead atoms. The van der Waals surface area contributed by atoms with Gasteiger partial charge in [-0.05, 0) is 32.9 Å². The lowest BCUT2D eigenvalue weighted by Crippen LogP contribution is -2.54. The lowest BCUT2D eigenvalue weighted by molar-refractivity contribution is -0.137. The number of nitrogens with one attached hydrogen (secondary N) is 2. The van der Waals surface area contributed by atoms with Crippen LogP contribution in [0.3, 0.4) is 0 Å². The summed E-state index contributed by atoms with van der Waals surface area (Å²) >= 11 is 0. The van der Waals surface area contributed by atoms with Crippen molar-refractivity contribution in [3.8, 4) is 11.1 Å². The van der Waals surface area contributed by atoms with E-state index in [2.05, 4.69) is 20.6 Å². The number of anilines is 3. The average molecular weight is 591 g/mol. The van der Waals surface area contributed by atoms with E-state index in [0.29, 0.717) is 50.9 Å². The third-order valence-corrected chi connectivity index (χ3v) is 7.28. The summed E-state index contributed by atoms with van der Waals surface area (Å²) in [7, 11) is 0. The predicted molar refractivity (Wildman–Crippen MR) is 149 cm³/mol. The van der Waals surface area contributed by atoms with E-state index >= 15 is 8.78 Å². The molecule has 13 heteroatoms. The van der Waals surface area contributed by atoms with Crippen LogP contribution in [0, 0.1) is 18.6 Å². The third-order valence-electron chi connectivity index (χ3n) is 7.28. The van der Waals surface area contributed by atoms with Gasteiger partial charge in [0.05, 0.1) is 35.6 Å². The number of hydrogen-bond donors (Lipinski definition) is 2. The average Bonchev–Trinajstić information content (AvgIpc) is 2.94. The Balaban J connectivity index is 1.58. The fourth-order valence-corrected chi connectivity index (χ4v) is 5.41. The first-order chi connectivity index (χ1) is 19.9. The number of hydrogen-bond acceptors (Lipinski definition) is 7. The Labute approximate surface area is 239 Å². The number of piperazine rings is 1. The van der Waals surface area contributed by atoms with Gasteiger partial charge < -0.3 is 25.2 Å². The van der Waals surface area contributed by atoms with Crippen molar-refractivity contribution in [1.29, 1.82) is 0 Å². The van der Waals surface area contributed by atoms with Gasteiger partial charge in [-0.3, -0.25) is 4.79 Å². The SMILES string of the molecule is Cc1ccc(C(=O)Nc2c(N3C[C@@H](C)N[C@@H](C)C3)cc(F)c(-c3cnc(N4CCOCC4)nc3)c2F)c(C(F)(F)F)c1. The summed E-state index contributed by atoms with van der Waals surface area (Å²) in [5.41, 5.74) is -2.42. The largest absolute Gasteiger partial charge is 0.417 e. The van der Waals surface area contributed by atoms with Gasteiger partial charge in [0.25, 0.3) is 5.91 Å². The highest BCUT2D eigenvalue weighted by Crippen LogP contribution is 2.40. The van der Waals surface area contributed by atoms with Gasteiger partial charge in [-0.2, -0.15) is 13.2 Å². The molecular formula is C29H31F5N6O2. The van der Waals surface area contributed by atoms with Gasteiger partial charge in [0.2, 0.25) is 5.95 Å². The first-order valence-corrected chi connectivity index (χ1v) is 13.6. The zero-order valence-corrected chi connectivity index (χ0v) is 23.4. The highest BCUT2D eigenvalue weighted by molar-refractivity contribution is 6.07. The highest BCUT2D eigenvalue weighted by atomic mass is 19.4. The minimum absolute atomic E-state index is 0.0115. The predicted octanol–water partition coefficient (Wildman–Crippen LogP) is 5.02. The number of nitrogens with zero attached hydrogens (tertiary/aromatic N) is 4. The van der Waals surface area contributed by atoms with Gasteiger partial charge in [-0.25, -0.2) is 18.7 Å². The van der Waals surface area contributed by atoms with E-state index in [1.807, 2.05) is 18.7 Å². The van der Waals surface area contributed by atoms with E-state index in [4.69, 9.17) is 4.74 Å². The molecular weight excluding hydrogens is 559 g/mol. The number of benzene rings is 2. The maximum absolute atomic E-state index is 16.4. The second-order valence-corrected chi connectivity index (χ2v) is 10.7. The summed E-state index contributed by atoms with van der Waals surface area (Å²) in [5.74, 6) is -2.86. The molecule has 5 rings (SSSR count). The number of amides is 1. The zero-order chi connectivity index (χ0) is 30.2. The quantitative estimate of drug-likeness (QED) is 0.404. The van der Waals surface area contributed by atoms with Crippen LogP contribution in [-0.2, 0) is 10.9 Å². The van der Waals surface area contributed by atoms with E-state index < -0.39 is 46.1 Å². The summed E-state index contributed by atoms with van der Waals surface area (Å²) in [6.07, 6.45) is -2.26. The number of rotatable bonds is 5. The third kappa shape index (κ3) is 6.16. The molecule has 0 aliphatic carbocycles. The Morgan fingerprint density at radius 1 is 1.02 bits per heavy atom. The minimum Gasteiger partial charge on any atom is -0.378 e. The number of halogens is 5. The van der Waals surface area contributed by atoms with Crippen molar-refractivity contribution in [2.75, 3.05) is 54.5 Å². The number of aryl methyl sites for hydroxylation is 1. The second kappa shape index (κ2) is 11.8. The molecule has 2 saturated heterocycles. The molecule has 2 N–H and O–H groups in total. The molecule has 0 spiro atoms. The fraction of sp³-hybridized carbons (Fsp3) is 0.414. The number of alkyl halides is 3. The number of morpholine rings is 1. The van der Waals surface area contributed by atoms with Crippen molar-refractivity contribution in [3.05, 3.63) is 65.0 Å². The number of carbonyl (C=O) groups is 1. The summed E-state index contributed by atoms with van der Waals surface area (Å²) in [6.45, 7) is 8.09. The van der Waals surface area contributed by atoms with Crippen LogP contribution < -0.4 is 20.4 Å². The molecule has 2 atom stereocenters. The van der Waals surface area contributed by atoms with Crippen LogP contribution >= 0.6 is 0 Å². The Bertz CT molecular complexity index is 1450. The monoisotopic (exact) mass is 590 g/mol. The topological polar surface area (TPSA) is 82.6 Å². The maximum atomic E-state index is 16.4. The van der Waals surface area contributed by atoms with E-state index in [-0.39, 0.29) is 23.3 Å². The molecule has 2 aliphatic rings. The molecule has 0 radical (unpaired) electrons. The molecule has 3 aromatic rings. The number of ether oxygens (including phenoxy) is 1. The molecule has 2 aromatic carbocycles. The van der Waals surface area contributed by atoms with Crippen molar-refractivity contribution in [3.63, 3.8) is 0 Å². The van der Waals surface area contributed by atoms with Gasteiger partial charge in [0.15, 0.2) is 5.82 Å². The van der Waals surface area contributed by atoms with Crippen molar-refractivity contribution in [2.24, 2.45) is 0 Å². The van der Waals surface area contributed by atoms with E-state index in [1.54, 1.807) is 4.90 Å². The molecule has 0 saturated carbocycles. The molecule has 2 fully saturated rings. The summed E-state index contributed by atoms with van der Waals surface area (Å²) < 4.78 is 78.8. The van der Waals surface area contributed by atoms with Crippen LogP contribution in [0.25, 0.3) is 11.1 Å². The highest BCUT2D eigenvalue weighted by Gasteiger charge is 2.36. The molecule has 8 nitrogen and oxygen atoms in total. The number of carbonyl (C=O) groups excluding carboxylic acids is 1.